The summed E-state index contributed by atoms with van der Waals surface area (Å²) in [6.45, 7) is 0.496. The lowest BCUT2D eigenvalue weighted by atomic mass is 10.1. The molecule has 2 amide bonds. The van der Waals surface area contributed by atoms with E-state index in [1.54, 1.807) is 18.3 Å². The molecule has 0 saturated heterocycles. The summed E-state index contributed by atoms with van der Waals surface area (Å²) in [6.07, 6.45) is 4.37. The van der Waals surface area contributed by atoms with Gasteiger partial charge in [-0.2, -0.15) is 0 Å². The number of anilines is 1. The van der Waals surface area contributed by atoms with Crippen molar-refractivity contribution in [1.82, 2.24) is 10.3 Å². The Hall–Kier alpha value is -3.49. The van der Waals surface area contributed by atoms with E-state index in [2.05, 4.69) is 15.6 Å². The minimum Gasteiger partial charge on any atom is -0.463 e. The second kappa shape index (κ2) is 9.55. The Morgan fingerprint density at radius 1 is 1.06 bits per heavy atom. The van der Waals surface area contributed by atoms with E-state index in [4.69, 9.17) is 9.52 Å². The fourth-order valence-corrected chi connectivity index (χ4v) is 3.97. The van der Waals surface area contributed by atoms with Gasteiger partial charge in [-0.3, -0.25) is 14.9 Å². The highest BCUT2D eigenvalue weighted by molar-refractivity contribution is 7.15. The quantitative estimate of drug-likeness (QED) is 0.365. The van der Waals surface area contributed by atoms with Gasteiger partial charge in [0.25, 0.3) is 11.8 Å². The van der Waals surface area contributed by atoms with Crippen molar-refractivity contribution in [3.8, 4) is 0 Å². The van der Waals surface area contributed by atoms with Gasteiger partial charge in [-0.1, -0.05) is 30.3 Å². The number of benzene rings is 2. The Morgan fingerprint density at radius 3 is 2.68 bits per heavy atom. The summed E-state index contributed by atoms with van der Waals surface area (Å²) in [5.74, 6) is -0.419. The maximum absolute atomic E-state index is 12.6. The summed E-state index contributed by atoms with van der Waals surface area (Å²) in [5.41, 5.74) is 2.75. The molecular weight excluding hydrogens is 414 g/mol. The molecule has 0 spiro atoms. The summed E-state index contributed by atoms with van der Waals surface area (Å²) in [4.78, 5) is 29.9. The van der Waals surface area contributed by atoms with E-state index in [-0.39, 0.29) is 18.4 Å². The van der Waals surface area contributed by atoms with Crippen molar-refractivity contribution in [2.45, 2.75) is 12.8 Å². The third-order valence-electron chi connectivity index (χ3n) is 4.71. The lowest BCUT2D eigenvalue weighted by Crippen LogP contribution is -2.24. The Morgan fingerprint density at radius 2 is 1.87 bits per heavy atom. The maximum Gasteiger partial charge on any atom is 0.261 e. The number of nitrogens with one attached hydrogen (secondary N) is 2. The van der Waals surface area contributed by atoms with Gasteiger partial charge in [-0.15, -0.1) is 11.3 Å². The zero-order valence-electron chi connectivity index (χ0n) is 16.6. The standard InChI is InChI=1S/C23H21N3O4S/c27-11-3-10-24-21(28)16-8-6-15(7-9-16)12-17-13-25-23(31-17)26-22(29)19-14-30-20-5-2-1-4-18(19)20/h1-2,4-9,13-14,27H,3,10-12H2,(H,24,28)(H,25,26,29). The van der Waals surface area contributed by atoms with Crippen LogP contribution < -0.4 is 10.6 Å². The molecule has 0 saturated carbocycles. The van der Waals surface area contributed by atoms with E-state index in [1.165, 1.54) is 17.6 Å². The smallest absolute Gasteiger partial charge is 0.261 e. The summed E-state index contributed by atoms with van der Waals surface area (Å²) in [7, 11) is 0. The molecule has 7 nitrogen and oxygen atoms in total. The molecular formula is C23H21N3O4S. The fourth-order valence-electron chi connectivity index (χ4n) is 3.12. The number of hydrogen-bond acceptors (Lipinski definition) is 6. The monoisotopic (exact) mass is 435 g/mol. The molecule has 0 fully saturated rings. The number of fused-ring (bicyclic) bond motifs is 1. The van der Waals surface area contributed by atoms with Crippen LogP contribution in [-0.2, 0) is 6.42 Å². The Balaban J connectivity index is 1.37. The predicted octanol–water partition coefficient (Wildman–Crippen LogP) is 3.84. The van der Waals surface area contributed by atoms with Crippen LogP contribution in [0.1, 0.15) is 37.6 Å². The van der Waals surface area contributed by atoms with E-state index in [9.17, 15) is 9.59 Å². The van der Waals surface area contributed by atoms with Crippen LogP contribution in [0.15, 0.2) is 65.4 Å². The zero-order chi connectivity index (χ0) is 21.6. The highest BCUT2D eigenvalue weighted by Gasteiger charge is 2.15. The van der Waals surface area contributed by atoms with Crippen molar-refractivity contribution in [3.05, 3.63) is 82.6 Å². The molecule has 0 bridgehead atoms. The summed E-state index contributed by atoms with van der Waals surface area (Å²) in [6, 6.07) is 14.7. The number of amides is 2. The van der Waals surface area contributed by atoms with Gasteiger partial charge in [0.15, 0.2) is 5.13 Å². The van der Waals surface area contributed by atoms with Crippen LogP contribution in [0.4, 0.5) is 5.13 Å². The molecule has 8 heteroatoms. The minimum absolute atomic E-state index is 0.0508. The van der Waals surface area contributed by atoms with Gasteiger partial charge >= 0.3 is 0 Å². The SMILES string of the molecule is O=C(NCCCO)c1ccc(Cc2cnc(NC(=O)c3coc4ccccc34)s2)cc1. The number of nitrogens with zero attached hydrogens (tertiary/aromatic N) is 1. The first-order valence-electron chi connectivity index (χ1n) is 9.84. The van der Waals surface area contributed by atoms with Crippen molar-refractivity contribution >= 4 is 39.3 Å². The average molecular weight is 436 g/mol. The van der Waals surface area contributed by atoms with Crippen molar-refractivity contribution in [2.75, 3.05) is 18.5 Å². The first-order valence-corrected chi connectivity index (χ1v) is 10.7. The van der Waals surface area contributed by atoms with Crippen LogP contribution in [0.5, 0.6) is 0 Å². The molecule has 2 aromatic heterocycles. The molecule has 31 heavy (non-hydrogen) atoms. The van der Waals surface area contributed by atoms with Crippen LogP contribution in [0.3, 0.4) is 0 Å². The second-order valence-corrected chi connectivity index (χ2v) is 8.05. The first-order chi connectivity index (χ1) is 15.1. The lowest BCUT2D eigenvalue weighted by molar-refractivity contribution is 0.0950. The van der Waals surface area contributed by atoms with E-state index >= 15 is 0 Å². The largest absolute Gasteiger partial charge is 0.463 e. The van der Waals surface area contributed by atoms with Gasteiger partial charge in [-0.25, -0.2) is 4.98 Å². The molecule has 2 heterocycles. The normalized spacial score (nSPS) is 10.9. The number of carbonyl (C=O) groups excluding carboxylic acids is 2. The molecule has 0 aliphatic rings. The number of carbonyl (C=O) groups is 2. The van der Waals surface area contributed by atoms with Gasteiger partial charge in [0, 0.05) is 41.6 Å². The summed E-state index contributed by atoms with van der Waals surface area (Å²) < 4.78 is 5.43. The van der Waals surface area contributed by atoms with Gasteiger partial charge in [0.05, 0.1) is 5.56 Å². The molecule has 0 unspecified atom stereocenters. The molecule has 2 aromatic carbocycles. The number of aliphatic hydroxyl groups excluding tert-OH is 1. The Labute approximate surface area is 182 Å². The van der Waals surface area contributed by atoms with E-state index in [0.29, 0.717) is 41.2 Å². The van der Waals surface area contributed by atoms with Crippen LogP contribution in [0.2, 0.25) is 0 Å². The Bertz CT molecular complexity index is 1200. The molecule has 0 aliphatic heterocycles. The summed E-state index contributed by atoms with van der Waals surface area (Å²) >= 11 is 1.41. The number of rotatable bonds is 8. The van der Waals surface area contributed by atoms with Crippen molar-refractivity contribution in [2.24, 2.45) is 0 Å². The van der Waals surface area contributed by atoms with Gasteiger partial charge in [0.2, 0.25) is 0 Å². The number of hydrogen-bond donors (Lipinski definition) is 3. The van der Waals surface area contributed by atoms with Crippen LogP contribution in [0.25, 0.3) is 11.0 Å². The van der Waals surface area contributed by atoms with Crippen LogP contribution >= 0.6 is 11.3 Å². The number of thiazole rings is 1. The number of furan rings is 1. The molecule has 0 radical (unpaired) electrons. The average Bonchev–Trinajstić information content (AvgIpc) is 3.41. The first kappa shape index (κ1) is 20.8. The molecule has 3 N–H and O–H groups in total. The number of para-hydroxylation sites is 1. The summed E-state index contributed by atoms with van der Waals surface area (Å²) in [5, 5.41) is 15.7. The molecule has 0 aliphatic carbocycles. The van der Waals surface area contributed by atoms with Gasteiger partial charge in [-0.05, 0) is 30.2 Å². The lowest BCUT2D eigenvalue weighted by Gasteiger charge is -2.05. The van der Waals surface area contributed by atoms with E-state index in [0.717, 1.165) is 15.8 Å². The zero-order valence-corrected chi connectivity index (χ0v) is 17.4. The second-order valence-electron chi connectivity index (χ2n) is 6.94. The third kappa shape index (κ3) is 4.99. The highest BCUT2D eigenvalue weighted by Crippen LogP contribution is 2.25. The van der Waals surface area contributed by atoms with Crippen LogP contribution in [0, 0.1) is 0 Å². The van der Waals surface area contributed by atoms with Gasteiger partial charge < -0.3 is 14.8 Å². The van der Waals surface area contributed by atoms with Crippen molar-refractivity contribution < 1.29 is 19.1 Å². The van der Waals surface area contributed by atoms with Crippen molar-refractivity contribution in [3.63, 3.8) is 0 Å². The highest BCUT2D eigenvalue weighted by atomic mass is 32.1. The topological polar surface area (TPSA) is 104 Å². The third-order valence-corrected chi connectivity index (χ3v) is 5.63. The van der Waals surface area contributed by atoms with Crippen LogP contribution in [-0.4, -0.2) is 35.1 Å². The van der Waals surface area contributed by atoms with Crippen molar-refractivity contribution in [1.29, 1.82) is 0 Å². The predicted molar refractivity (Wildman–Crippen MR) is 120 cm³/mol. The maximum atomic E-state index is 12.6. The molecule has 4 aromatic rings. The Kier molecular flexibility index (Phi) is 6.40. The minimum atomic E-state index is -0.262. The van der Waals surface area contributed by atoms with E-state index < -0.39 is 0 Å². The van der Waals surface area contributed by atoms with E-state index in [1.807, 2.05) is 36.4 Å². The van der Waals surface area contributed by atoms with Gasteiger partial charge in [0.1, 0.15) is 11.8 Å². The fraction of sp³-hybridized carbons (Fsp3) is 0.174. The number of aliphatic hydroxyl groups is 1. The molecule has 4 rings (SSSR count). The number of aromatic nitrogens is 1. The molecule has 0 atom stereocenters. The molecule has 158 valence electrons.